The number of ether oxygens (including phenoxy) is 1. The number of H-pyrrole nitrogens is 1. The van der Waals surface area contributed by atoms with Crippen molar-refractivity contribution < 1.29 is 9.84 Å². The number of aliphatic hydroxyl groups is 1. The van der Waals surface area contributed by atoms with Crippen LogP contribution in [0.4, 0.5) is 0 Å². The van der Waals surface area contributed by atoms with E-state index < -0.39 is 0 Å². The Bertz CT molecular complexity index is 588. The molecule has 0 radical (unpaired) electrons. The van der Waals surface area contributed by atoms with Crippen LogP contribution in [0, 0.1) is 20.8 Å². The number of nitrogens with zero attached hydrogens (tertiary/aromatic N) is 1. The molecule has 19 heavy (non-hydrogen) atoms. The van der Waals surface area contributed by atoms with Gasteiger partial charge in [0.05, 0.1) is 19.4 Å². The molecule has 1 heterocycles. The van der Waals surface area contributed by atoms with Crippen molar-refractivity contribution in [3.05, 3.63) is 34.8 Å². The van der Waals surface area contributed by atoms with Gasteiger partial charge in [-0.05, 0) is 44.0 Å². The van der Waals surface area contributed by atoms with Gasteiger partial charge in [0, 0.05) is 17.7 Å². The predicted molar refractivity (Wildman–Crippen MR) is 75.6 cm³/mol. The molecule has 0 aliphatic rings. The van der Waals surface area contributed by atoms with Gasteiger partial charge in [-0.1, -0.05) is 0 Å². The van der Waals surface area contributed by atoms with Crippen LogP contribution in [0.1, 0.15) is 22.6 Å². The fraction of sp³-hybridized carbons (Fsp3) is 0.400. The van der Waals surface area contributed by atoms with Crippen LogP contribution in [0.3, 0.4) is 0 Å². The third-order valence-corrected chi connectivity index (χ3v) is 3.49. The summed E-state index contributed by atoms with van der Waals surface area (Å²) in [5.41, 5.74) is 5.38. The number of aliphatic hydroxyl groups excluding tert-OH is 1. The Hall–Kier alpha value is -1.81. The van der Waals surface area contributed by atoms with E-state index in [0.717, 1.165) is 34.1 Å². The molecule has 2 aromatic rings. The first kappa shape index (κ1) is 13.6. The minimum absolute atomic E-state index is 0.104. The van der Waals surface area contributed by atoms with Crippen molar-refractivity contribution in [2.45, 2.75) is 27.2 Å². The maximum Gasteiger partial charge on any atom is 0.122 e. The first-order chi connectivity index (χ1) is 9.08. The van der Waals surface area contributed by atoms with Crippen LogP contribution in [0.25, 0.3) is 11.3 Å². The highest BCUT2D eigenvalue weighted by Gasteiger charge is 2.14. The lowest BCUT2D eigenvalue weighted by Crippen LogP contribution is -1.95. The number of methoxy groups -OCH3 is 1. The number of hydrogen-bond acceptors (Lipinski definition) is 3. The molecule has 4 heteroatoms. The lowest BCUT2D eigenvalue weighted by molar-refractivity contribution is 0.297. The van der Waals surface area contributed by atoms with Crippen LogP contribution in [0.5, 0.6) is 5.75 Å². The van der Waals surface area contributed by atoms with E-state index in [2.05, 4.69) is 16.9 Å². The second kappa shape index (κ2) is 5.45. The summed E-state index contributed by atoms with van der Waals surface area (Å²) in [6, 6.07) is 4.00. The number of aromatic nitrogens is 2. The summed E-state index contributed by atoms with van der Waals surface area (Å²) in [6.45, 7) is 6.23. The highest BCUT2D eigenvalue weighted by Crippen LogP contribution is 2.31. The Labute approximate surface area is 113 Å². The highest BCUT2D eigenvalue weighted by molar-refractivity contribution is 5.69. The summed E-state index contributed by atoms with van der Waals surface area (Å²) in [5, 5.41) is 8.98. The molecule has 0 saturated heterocycles. The Balaban J connectivity index is 2.50. The first-order valence-electron chi connectivity index (χ1n) is 6.39. The van der Waals surface area contributed by atoms with E-state index in [4.69, 9.17) is 9.84 Å². The number of aryl methyl sites for hydroxylation is 1. The molecule has 0 saturated carbocycles. The monoisotopic (exact) mass is 260 g/mol. The number of nitrogens with one attached hydrogen (secondary N) is 1. The third-order valence-electron chi connectivity index (χ3n) is 3.49. The summed E-state index contributed by atoms with van der Waals surface area (Å²) in [6.07, 6.45) is 0.551. The maximum absolute atomic E-state index is 8.98. The molecule has 1 aromatic carbocycles. The van der Waals surface area contributed by atoms with E-state index in [1.807, 2.05) is 26.0 Å². The van der Waals surface area contributed by atoms with Gasteiger partial charge in [-0.25, -0.2) is 4.98 Å². The van der Waals surface area contributed by atoms with Crippen molar-refractivity contribution in [2.75, 3.05) is 13.7 Å². The van der Waals surface area contributed by atoms with Gasteiger partial charge >= 0.3 is 0 Å². The van der Waals surface area contributed by atoms with Crippen molar-refractivity contribution >= 4 is 0 Å². The molecule has 2 N–H and O–H groups in total. The van der Waals surface area contributed by atoms with Crippen LogP contribution in [0.2, 0.25) is 0 Å². The van der Waals surface area contributed by atoms with Crippen LogP contribution in [-0.4, -0.2) is 28.8 Å². The Morgan fingerprint density at radius 2 is 1.95 bits per heavy atom. The minimum Gasteiger partial charge on any atom is -0.496 e. The molecule has 1 aromatic heterocycles. The number of aromatic amines is 1. The van der Waals surface area contributed by atoms with Gasteiger partial charge in [-0.3, -0.25) is 0 Å². The van der Waals surface area contributed by atoms with Gasteiger partial charge < -0.3 is 14.8 Å². The SMILES string of the molecule is COc1ccc(-c2nc(CCO)[nH]c2C)c(C)c1C. The highest BCUT2D eigenvalue weighted by atomic mass is 16.5. The second-order valence-electron chi connectivity index (χ2n) is 4.70. The Morgan fingerprint density at radius 1 is 1.21 bits per heavy atom. The summed E-state index contributed by atoms with van der Waals surface area (Å²) >= 11 is 0. The molecule has 2 rings (SSSR count). The van der Waals surface area contributed by atoms with E-state index in [1.54, 1.807) is 7.11 Å². The van der Waals surface area contributed by atoms with Crippen molar-refractivity contribution in [3.8, 4) is 17.0 Å². The maximum atomic E-state index is 8.98. The normalized spacial score (nSPS) is 10.8. The average Bonchev–Trinajstić information content (AvgIpc) is 2.74. The molecule has 0 unspecified atom stereocenters. The lowest BCUT2D eigenvalue weighted by atomic mass is 9.99. The molecule has 0 fully saturated rings. The zero-order valence-electron chi connectivity index (χ0n) is 11.9. The van der Waals surface area contributed by atoms with E-state index in [-0.39, 0.29) is 6.61 Å². The van der Waals surface area contributed by atoms with Crippen molar-refractivity contribution in [2.24, 2.45) is 0 Å². The standard InChI is InChI=1S/C15H20N2O2/c1-9-10(2)13(19-4)6-5-12(9)15-11(3)16-14(17-15)7-8-18/h5-6,18H,7-8H2,1-4H3,(H,16,17). The number of rotatable bonds is 4. The molecule has 4 nitrogen and oxygen atoms in total. The fourth-order valence-corrected chi connectivity index (χ4v) is 2.28. The molecule has 0 aliphatic heterocycles. The molecule has 0 atom stereocenters. The van der Waals surface area contributed by atoms with Crippen LogP contribution in [0.15, 0.2) is 12.1 Å². The fourth-order valence-electron chi connectivity index (χ4n) is 2.28. The van der Waals surface area contributed by atoms with E-state index in [9.17, 15) is 0 Å². The molecule has 0 spiro atoms. The van der Waals surface area contributed by atoms with E-state index >= 15 is 0 Å². The van der Waals surface area contributed by atoms with Crippen LogP contribution < -0.4 is 4.74 Å². The van der Waals surface area contributed by atoms with E-state index in [0.29, 0.717) is 6.42 Å². The largest absolute Gasteiger partial charge is 0.496 e. The predicted octanol–water partition coefficient (Wildman–Crippen LogP) is 2.55. The third kappa shape index (κ3) is 2.49. The van der Waals surface area contributed by atoms with Crippen molar-refractivity contribution in [1.29, 1.82) is 0 Å². The quantitative estimate of drug-likeness (QED) is 0.888. The van der Waals surface area contributed by atoms with Gasteiger partial charge in [-0.15, -0.1) is 0 Å². The topological polar surface area (TPSA) is 58.1 Å². The van der Waals surface area contributed by atoms with Crippen molar-refractivity contribution in [3.63, 3.8) is 0 Å². The number of hydrogen-bond donors (Lipinski definition) is 2. The van der Waals surface area contributed by atoms with Gasteiger partial charge in [0.1, 0.15) is 11.6 Å². The number of imidazole rings is 1. The average molecular weight is 260 g/mol. The lowest BCUT2D eigenvalue weighted by Gasteiger charge is -2.11. The number of benzene rings is 1. The molecule has 0 aliphatic carbocycles. The Morgan fingerprint density at radius 3 is 2.58 bits per heavy atom. The van der Waals surface area contributed by atoms with Gasteiger partial charge in [0.25, 0.3) is 0 Å². The molecule has 0 amide bonds. The van der Waals surface area contributed by atoms with Crippen LogP contribution >= 0.6 is 0 Å². The first-order valence-corrected chi connectivity index (χ1v) is 6.39. The molecule has 0 bridgehead atoms. The van der Waals surface area contributed by atoms with Gasteiger partial charge in [0.15, 0.2) is 0 Å². The van der Waals surface area contributed by atoms with Gasteiger partial charge in [-0.2, -0.15) is 0 Å². The van der Waals surface area contributed by atoms with Gasteiger partial charge in [0.2, 0.25) is 0 Å². The smallest absolute Gasteiger partial charge is 0.122 e. The zero-order chi connectivity index (χ0) is 14.0. The molecule has 102 valence electrons. The Kier molecular flexibility index (Phi) is 3.90. The molecular weight excluding hydrogens is 240 g/mol. The minimum atomic E-state index is 0.104. The van der Waals surface area contributed by atoms with Crippen LogP contribution in [-0.2, 0) is 6.42 Å². The van der Waals surface area contributed by atoms with E-state index in [1.165, 1.54) is 5.56 Å². The zero-order valence-corrected chi connectivity index (χ0v) is 11.9. The summed E-state index contributed by atoms with van der Waals surface area (Å²) < 4.78 is 5.33. The second-order valence-corrected chi connectivity index (χ2v) is 4.70. The summed E-state index contributed by atoms with van der Waals surface area (Å²) in [7, 11) is 1.68. The summed E-state index contributed by atoms with van der Waals surface area (Å²) in [4.78, 5) is 7.79. The van der Waals surface area contributed by atoms with Crippen molar-refractivity contribution in [1.82, 2.24) is 9.97 Å². The molecular formula is C15H20N2O2. The summed E-state index contributed by atoms with van der Waals surface area (Å²) in [5.74, 6) is 1.72.